The number of aliphatic hydroxyl groups excluding tert-OH is 1. The van der Waals surface area contributed by atoms with Crippen LogP contribution in [0.25, 0.3) is 5.69 Å². The molecule has 0 radical (unpaired) electrons. The van der Waals surface area contributed by atoms with Crippen molar-refractivity contribution in [3.63, 3.8) is 0 Å². The first-order valence-corrected chi connectivity index (χ1v) is 6.66. The van der Waals surface area contributed by atoms with Crippen molar-refractivity contribution in [2.24, 2.45) is 0 Å². The minimum absolute atomic E-state index is 0.243. The molecule has 5 nitrogen and oxygen atoms in total. The molecule has 0 saturated carbocycles. The molecule has 21 heavy (non-hydrogen) atoms. The largest absolute Gasteiger partial charge is 0.423 e. The van der Waals surface area contributed by atoms with Gasteiger partial charge in [-0.3, -0.25) is 0 Å². The third kappa shape index (κ3) is 2.93. The maximum atomic E-state index is 9.74. The molecule has 1 N–H and O–H groups in total. The molecule has 0 aliphatic carbocycles. The van der Waals surface area contributed by atoms with Gasteiger partial charge in [-0.2, -0.15) is 4.98 Å². The van der Waals surface area contributed by atoms with Crippen molar-refractivity contribution in [2.45, 2.75) is 13.0 Å². The average Bonchev–Trinajstić information content (AvgIpc) is 2.97. The standard InChI is InChI=1S/C16H15N3O2/c1-12(20)14-9-5-6-10-15(14)21-16-17-11-19(18-16)13-7-3-2-4-8-13/h2-12,20H,1H3/t12-/m1/s1. The van der Waals surface area contributed by atoms with Crippen molar-refractivity contribution in [3.8, 4) is 17.4 Å². The predicted molar refractivity (Wildman–Crippen MR) is 78.5 cm³/mol. The maximum absolute atomic E-state index is 9.74. The highest BCUT2D eigenvalue weighted by atomic mass is 16.5. The van der Waals surface area contributed by atoms with Gasteiger partial charge in [0.2, 0.25) is 0 Å². The molecule has 1 atom stereocenters. The van der Waals surface area contributed by atoms with Gasteiger partial charge in [-0.15, -0.1) is 5.10 Å². The van der Waals surface area contributed by atoms with E-state index in [2.05, 4.69) is 10.1 Å². The number of ether oxygens (including phenoxy) is 1. The Labute approximate surface area is 122 Å². The Morgan fingerprint density at radius 1 is 1.05 bits per heavy atom. The minimum atomic E-state index is -0.614. The highest BCUT2D eigenvalue weighted by Crippen LogP contribution is 2.27. The second-order valence-corrected chi connectivity index (χ2v) is 4.62. The van der Waals surface area contributed by atoms with Crippen LogP contribution in [0, 0.1) is 0 Å². The van der Waals surface area contributed by atoms with Gasteiger partial charge in [-0.05, 0) is 25.1 Å². The number of benzene rings is 2. The van der Waals surface area contributed by atoms with E-state index >= 15 is 0 Å². The molecule has 0 aliphatic heterocycles. The van der Waals surface area contributed by atoms with Gasteiger partial charge in [0.25, 0.3) is 0 Å². The summed E-state index contributed by atoms with van der Waals surface area (Å²) in [5, 5.41) is 14.0. The fourth-order valence-corrected chi connectivity index (χ4v) is 2.02. The van der Waals surface area contributed by atoms with Crippen molar-refractivity contribution in [1.82, 2.24) is 14.8 Å². The van der Waals surface area contributed by atoms with E-state index in [1.807, 2.05) is 48.5 Å². The van der Waals surface area contributed by atoms with E-state index in [9.17, 15) is 5.11 Å². The lowest BCUT2D eigenvalue weighted by atomic mass is 10.1. The quantitative estimate of drug-likeness (QED) is 0.798. The van der Waals surface area contributed by atoms with Crippen LogP contribution in [0.1, 0.15) is 18.6 Å². The number of nitrogens with zero attached hydrogens (tertiary/aromatic N) is 3. The van der Waals surface area contributed by atoms with Gasteiger partial charge in [0, 0.05) is 5.56 Å². The summed E-state index contributed by atoms with van der Waals surface area (Å²) in [6.07, 6.45) is 0.979. The molecule has 0 spiro atoms. The van der Waals surface area contributed by atoms with E-state index in [0.717, 1.165) is 5.69 Å². The second kappa shape index (κ2) is 5.76. The van der Waals surface area contributed by atoms with Gasteiger partial charge < -0.3 is 9.84 Å². The Morgan fingerprint density at radius 2 is 1.76 bits per heavy atom. The van der Waals surface area contributed by atoms with Gasteiger partial charge in [0.1, 0.15) is 12.1 Å². The fraction of sp³-hybridized carbons (Fsp3) is 0.125. The van der Waals surface area contributed by atoms with E-state index in [-0.39, 0.29) is 6.01 Å². The van der Waals surface area contributed by atoms with Crippen LogP contribution in [-0.2, 0) is 0 Å². The van der Waals surface area contributed by atoms with Crippen LogP contribution in [0.2, 0.25) is 0 Å². The third-order valence-corrected chi connectivity index (χ3v) is 3.06. The molecule has 0 saturated heterocycles. The van der Waals surface area contributed by atoms with Crippen LogP contribution in [-0.4, -0.2) is 19.9 Å². The van der Waals surface area contributed by atoms with Gasteiger partial charge in [0.15, 0.2) is 0 Å². The molecule has 1 aromatic heterocycles. The summed E-state index contributed by atoms with van der Waals surface area (Å²) in [6, 6.07) is 17.2. The molecule has 106 valence electrons. The van der Waals surface area contributed by atoms with Crippen LogP contribution < -0.4 is 4.74 Å². The number of rotatable bonds is 4. The zero-order valence-corrected chi connectivity index (χ0v) is 11.5. The Morgan fingerprint density at radius 3 is 2.52 bits per heavy atom. The zero-order chi connectivity index (χ0) is 14.7. The summed E-state index contributed by atoms with van der Waals surface area (Å²) in [5.41, 5.74) is 1.61. The smallest absolute Gasteiger partial charge is 0.341 e. The van der Waals surface area contributed by atoms with Crippen molar-refractivity contribution in [3.05, 3.63) is 66.5 Å². The van der Waals surface area contributed by atoms with E-state index in [0.29, 0.717) is 11.3 Å². The first-order valence-electron chi connectivity index (χ1n) is 6.66. The number of hydrogen-bond acceptors (Lipinski definition) is 4. The number of para-hydroxylation sites is 2. The lowest BCUT2D eigenvalue weighted by molar-refractivity contribution is 0.195. The Bertz CT molecular complexity index is 723. The molecule has 0 unspecified atom stereocenters. The van der Waals surface area contributed by atoms with Crippen molar-refractivity contribution in [2.75, 3.05) is 0 Å². The highest BCUT2D eigenvalue weighted by molar-refractivity contribution is 5.36. The summed E-state index contributed by atoms with van der Waals surface area (Å²) in [7, 11) is 0. The molecule has 1 heterocycles. The summed E-state index contributed by atoms with van der Waals surface area (Å²) in [6.45, 7) is 1.69. The van der Waals surface area contributed by atoms with E-state index < -0.39 is 6.10 Å². The van der Waals surface area contributed by atoms with Crippen LogP contribution in [0.15, 0.2) is 60.9 Å². The second-order valence-electron chi connectivity index (χ2n) is 4.62. The van der Waals surface area contributed by atoms with E-state index in [1.165, 1.54) is 0 Å². The monoisotopic (exact) mass is 281 g/mol. The van der Waals surface area contributed by atoms with E-state index in [4.69, 9.17) is 4.74 Å². The predicted octanol–water partition coefficient (Wildman–Crippen LogP) is 3.11. The van der Waals surface area contributed by atoms with Gasteiger partial charge in [-0.25, -0.2) is 4.68 Å². The van der Waals surface area contributed by atoms with Crippen LogP contribution >= 0.6 is 0 Å². The lowest BCUT2D eigenvalue weighted by Crippen LogP contribution is -1.98. The SMILES string of the molecule is C[C@@H](O)c1ccccc1Oc1ncn(-c2ccccc2)n1. The number of hydrogen-bond donors (Lipinski definition) is 1. The topological polar surface area (TPSA) is 60.2 Å². The lowest BCUT2D eigenvalue weighted by Gasteiger charge is -2.10. The van der Waals surface area contributed by atoms with Crippen molar-refractivity contribution >= 4 is 0 Å². The molecule has 0 aliphatic rings. The number of aliphatic hydroxyl groups is 1. The van der Waals surface area contributed by atoms with Gasteiger partial charge in [-0.1, -0.05) is 36.4 Å². The highest BCUT2D eigenvalue weighted by Gasteiger charge is 2.11. The summed E-state index contributed by atoms with van der Waals surface area (Å²) >= 11 is 0. The van der Waals surface area contributed by atoms with Crippen LogP contribution in [0.3, 0.4) is 0 Å². The van der Waals surface area contributed by atoms with Gasteiger partial charge in [0.05, 0.1) is 11.8 Å². The summed E-state index contributed by atoms with van der Waals surface area (Å²) in [5.74, 6) is 0.554. The Hall–Kier alpha value is -2.66. The van der Waals surface area contributed by atoms with E-state index in [1.54, 1.807) is 24.0 Å². The Kier molecular flexibility index (Phi) is 3.66. The average molecular weight is 281 g/mol. The maximum Gasteiger partial charge on any atom is 0.341 e. The zero-order valence-electron chi connectivity index (χ0n) is 11.5. The third-order valence-electron chi connectivity index (χ3n) is 3.06. The molecular weight excluding hydrogens is 266 g/mol. The first kappa shape index (κ1) is 13.3. The normalized spacial score (nSPS) is 12.1. The molecule has 0 fully saturated rings. The summed E-state index contributed by atoms with van der Waals surface area (Å²) in [4.78, 5) is 4.14. The minimum Gasteiger partial charge on any atom is -0.423 e. The molecule has 0 bridgehead atoms. The Balaban J connectivity index is 1.86. The molecular formula is C16H15N3O2. The first-order chi connectivity index (χ1) is 10.2. The molecule has 3 rings (SSSR count). The summed E-state index contributed by atoms with van der Waals surface area (Å²) < 4.78 is 7.31. The molecule has 0 amide bonds. The van der Waals surface area contributed by atoms with Crippen molar-refractivity contribution < 1.29 is 9.84 Å². The molecule has 2 aromatic carbocycles. The van der Waals surface area contributed by atoms with Crippen LogP contribution in [0.5, 0.6) is 11.8 Å². The molecule has 3 aromatic rings. The van der Waals surface area contributed by atoms with Gasteiger partial charge >= 0.3 is 6.01 Å². The fourth-order valence-electron chi connectivity index (χ4n) is 2.02. The van der Waals surface area contributed by atoms with Crippen LogP contribution in [0.4, 0.5) is 0 Å². The number of aromatic nitrogens is 3. The van der Waals surface area contributed by atoms with Crippen molar-refractivity contribution in [1.29, 1.82) is 0 Å². The molecule has 5 heteroatoms.